The predicted octanol–water partition coefficient (Wildman–Crippen LogP) is 2.53. The lowest BCUT2D eigenvalue weighted by Gasteiger charge is -2.25. The quantitative estimate of drug-likeness (QED) is 0.645. The minimum Gasteiger partial charge on any atom is -0.379 e. The molecule has 1 aliphatic heterocycles. The SMILES string of the molecule is Cn1c(CN2CCOCC2)nnc1SCC(=O)Nc1cccc2ccccc12. The third kappa shape index (κ3) is 4.35. The number of nitrogens with one attached hydrogen (secondary N) is 1. The summed E-state index contributed by atoms with van der Waals surface area (Å²) in [5.74, 6) is 1.13. The Morgan fingerprint density at radius 2 is 1.93 bits per heavy atom. The van der Waals surface area contributed by atoms with Crippen molar-refractivity contribution in [3.8, 4) is 0 Å². The second-order valence-electron chi connectivity index (χ2n) is 6.71. The molecule has 0 spiro atoms. The Bertz CT molecular complexity index is 963. The van der Waals surface area contributed by atoms with Gasteiger partial charge in [-0.3, -0.25) is 9.69 Å². The molecule has 0 saturated carbocycles. The van der Waals surface area contributed by atoms with E-state index in [-0.39, 0.29) is 11.7 Å². The Morgan fingerprint density at radius 3 is 2.79 bits per heavy atom. The third-order valence-corrected chi connectivity index (χ3v) is 5.81. The molecule has 7 nitrogen and oxygen atoms in total. The molecule has 3 aromatic rings. The second-order valence-corrected chi connectivity index (χ2v) is 7.65. The number of ether oxygens (including phenoxy) is 1. The van der Waals surface area contributed by atoms with E-state index in [2.05, 4.69) is 20.4 Å². The van der Waals surface area contributed by atoms with Crippen LogP contribution in [0, 0.1) is 0 Å². The smallest absolute Gasteiger partial charge is 0.234 e. The first-order valence-corrected chi connectivity index (χ1v) is 10.3. The topological polar surface area (TPSA) is 72.3 Å². The number of benzene rings is 2. The maximum Gasteiger partial charge on any atom is 0.234 e. The van der Waals surface area contributed by atoms with E-state index >= 15 is 0 Å². The molecule has 8 heteroatoms. The van der Waals surface area contributed by atoms with Crippen LogP contribution in [0.3, 0.4) is 0 Å². The number of aromatic nitrogens is 3. The van der Waals surface area contributed by atoms with E-state index in [9.17, 15) is 4.79 Å². The average molecular weight is 398 g/mol. The molecule has 1 aromatic heterocycles. The number of carbonyl (C=O) groups is 1. The fourth-order valence-electron chi connectivity index (χ4n) is 3.22. The van der Waals surface area contributed by atoms with Gasteiger partial charge >= 0.3 is 0 Å². The summed E-state index contributed by atoms with van der Waals surface area (Å²) in [4.78, 5) is 14.8. The summed E-state index contributed by atoms with van der Waals surface area (Å²) in [7, 11) is 1.95. The van der Waals surface area contributed by atoms with Crippen molar-refractivity contribution < 1.29 is 9.53 Å². The maximum atomic E-state index is 12.5. The number of carbonyl (C=O) groups excluding carboxylic acids is 1. The summed E-state index contributed by atoms with van der Waals surface area (Å²) in [5, 5.41) is 14.4. The number of amides is 1. The molecule has 1 saturated heterocycles. The highest BCUT2D eigenvalue weighted by Gasteiger charge is 2.16. The van der Waals surface area contributed by atoms with Gasteiger partial charge in [0.1, 0.15) is 5.82 Å². The van der Waals surface area contributed by atoms with Gasteiger partial charge in [0.15, 0.2) is 5.16 Å². The molecule has 1 aliphatic rings. The third-order valence-electron chi connectivity index (χ3n) is 4.79. The zero-order valence-electron chi connectivity index (χ0n) is 15.8. The van der Waals surface area contributed by atoms with Gasteiger partial charge in [-0.15, -0.1) is 10.2 Å². The van der Waals surface area contributed by atoms with E-state index in [1.165, 1.54) is 11.8 Å². The van der Waals surface area contributed by atoms with Crippen LogP contribution in [0.25, 0.3) is 10.8 Å². The van der Waals surface area contributed by atoms with Gasteiger partial charge in [-0.2, -0.15) is 0 Å². The van der Waals surface area contributed by atoms with E-state index in [0.29, 0.717) is 0 Å². The van der Waals surface area contributed by atoms with Crippen molar-refractivity contribution >= 4 is 34.1 Å². The van der Waals surface area contributed by atoms with E-state index in [4.69, 9.17) is 4.74 Å². The van der Waals surface area contributed by atoms with Crippen LogP contribution in [0.15, 0.2) is 47.6 Å². The van der Waals surface area contributed by atoms with E-state index in [0.717, 1.165) is 60.3 Å². The van der Waals surface area contributed by atoms with Gasteiger partial charge in [0.05, 0.1) is 25.5 Å². The van der Waals surface area contributed by atoms with E-state index in [1.54, 1.807) is 0 Å². The highest BCUT2D eigenvalue weighted by atomic mass is 32.2. The molecule has 1 amide bonds. The Balaban J connectivity index is 1.36. The molecule has 146 valence electrons. The van der Waals surface area contributed by atoms with Crippen LogP contribution in [-0.4, -0.2) is 57.6 Å². The number of rotatable bonds is 6. The molecular formula is C20H23N5O2S. The van der Waals surface area contributed by atoms with Crippen molar-refractivity contribution in [1.29, 1.82) is 0 Å². The number of hydrogen-bond acceptors (Lipinski definition) is 6. The molecule has 4 rings (SSSR count). The minimum atomic E-state index is -0.0564. The van der Waals surface area contributed by atoms with Crippen LogP contribution < -0.4 is 5.32 Å². The molecule has 0 unspecified atom stereocenters. The summed E-state index contributed by atoms with van der Waals surface area (Å²) in [6.07, 6.45) is 0. The molecule has 0 aliphatic carbocycles. The average Bonchev–Trinajstić information content (AvgIpc) is 3.07. The molecule has 0 radical (unpaired) electrons. The van der Waals surface area contributed by atoms with E-state index in [1.807, 2.05) is 54.1 Å². The number of nitrogens with zero attached hydrogens (tertiary/aromatic N) is 4. The molecule has 0 bridgehead atoms. The lowest BCUT2D eigenvalue weighted by molar-refractivity contribution is -0.113. The number of anilines is 1. The first kappa shape index (κ1) is 18.9. The summed E-state index contributed by atoms with van der Waals surface area (Å²) in [5.41, 5.74) is 0.828. The summed E-state index contributed by atoms with van der Waals surface area (Å²) < 4.78 is 7.34. The first-order chi connectivity index (χ1) is 13.7. The van der Waals surface area contributed by atoms with Crippen molar-refractivity contribution in [2.24, 2.45) is 7.05 Å². The minimum absolute atomic E-state index is 0.0564. The Kier molecular flexibility index (Phi) is 5.90. The van der Waals surface area contributed by atoms with Crippen LogP contribution in [-0.2, 0) is 23.1 Å². The van der Waals surface area contributed by atoms with Crippen molar-refractivity contribution in [2.45, 2.75) is 11.7 Å². The molecule has 0 atom stereocenters. The number of morpholine rings is 1. The normalized spacial score (nSPS) is 15.0. The van der Waals surface area contributed by atoms with Crippen LogP contribution in [0.5, 0.6) is 0 Å². The number of thioether (sulfide) groups is 1. The van der Waals surface area contributed by atoms with Gasteiger partial charge in [-0.1, -0.05) is 48.2 Å². The molecule has 28 heavy (non-hydrogen) atoms. The number of fused-ring (bicyclic) bond motifs is 1. The highest BCUT2D eigenvalue weighted by Crippen LogP contribution is 2.24. The fourth-order valence-corrected chi connectivity index (χ4v) is 3.95. The van der Waals surface area contributed by atoms with Crippen LogP contribution in [0.2, 0.25) is 0 Å². The van der Waals surface area contributed by atoms with Crippen molar-refractivity contribution in [3.63, 3.8) is 0 Å². The van der Waals surface area contributed by atoms with Crippen LogP contribution >= 0.6 is 11.8 Å². The Labute approximate surface area is 168 Å². The summed E-state index contributed by atoms with van der Waals surface area (Å²) in [6.45, 7) is 4.07. The van der Waals surface area contributed by atoms with Crippen molar-refractivity contribution in [3.05, 3.63) is 48.3 Å². The standard InChI is InChI=1S/C20H23N5O2S/c1-24-18(13-25-9-11-27-12-10-25)22-23-20(24)28-14-19(26)21-17-8-4-6-15-5-2-3-7-16(15)17/h2-8H,9-14H2,1H3,(H,21,26). The molecule has 1 fully saturated rings. The summed E-state index contributed by atoms with van der Waals surface area (Å²) in [6, 6.07) is 13.9. The largest absolute Gasteiger partial charge is 0.379 e. The molecule has 2 aromatic carbocycles. The Hall–Kier alpha value is -2.42. The van der Waals surface area contributed by atoms with Crippen LogP contribution in [0.4, 0.5) is 5.69 Å². The number of hydrogen-bond donors (Lipinski definition) is 1. The van der Waals surface area contributed by atoms with Gasteiger partial charge in [0.2, 0.25) is 5.91 Å². The monoisotopic (exact) mass is 397 g/mol. The molecule has 2 heterocycles. The van der Waals surface area contributed by atoms with Gasteiger partial charge in [0, 0.05) is 31.2 Å². The molecular weight excluding hydrogens is 374 g/mol. The van der Waals surface area contributed by atoms with Crippen molar-refractivity contribution in [1.82, 2.24) is 19.7 Å². The highest BCUT2D eigenvalue weighted by molar-refractivity contribution is 7.99. The lowest BCUT2D eigenvalue weighted by Crippen LogP contribution is -2.36. The molecule has 1 N–H and O–H groups in total. The maximum absolute atomic E-state index is 12.5. The summed E-state index contributed by atoms with van der Waals surface area (Å²) >= 11 is 1.40. The fraction of sp³-hybridized carbons (Fsp3) is 0.350. The zero-order valence-corrected chi connectivity index (χ0v) is 16.6. The van der Waals surface area contributed by atoms with Gasteiger partial charge in [-0.25, -0.2) is 0 Å². The predicted molar refractivity (Wildman–Crippen MR) is 110 cm³/mol. The lowest BCUT2D eigenvalue weighted by atomic mass is 10.1. The van der Waals surface area contributed by atoms with Gasteiger partial charge < -0.3 is 14.6 Å². The van der Waals surface area contributed by atoms with Crippen molar-refractivity contribution in [2.75, 3.05) is 37.4 Å². The van der Waals surface area contributed by atoms with Gasteiger partial charge in [-0.05, 0) is 11.5 Å². The first-order valence-electron chi connectivity index (χ1n) is 9.29. The second kappa shape index (κ2) is 8.72. The van der Waals surface area contributed by atoms with E-state index < -0.39 is 0 Å². The van der Waals surface area contributed by atoms with Gasteiger partial charge in [0.25, 0.3) is 0 Å². The Morgan fingerprint density at radius 1 is 1.14 bits per heavy atom. The zero-order chi connectivity index (χ0) is 19.3. The van der Waals surface area contributed by atoms with Crippen LogP contribution in [0.1, 0.15) is 5.82 Å².